The minimum Gasteiger partial charge on any atom is -0.481 e. The zero-order valence-corrected chi connectivity index (χ0v) is 12.0. The molecule has 0 spiro atoms. The zero-order valence-electron chi connectivity index (χ0n) is 11.1. The van der Waals surface area contributed by atoms with Crippen LogP contribution in [0.15, 0.2) is 29.2 Å². The topological polar surface area (TPSA) is 84.5 Å². The summed E-state index contributed by atoms with van der Waals surface area (Å²) >= 11 is 0. The van der Waals surface area contributed by atoms with E-state index in [1.54, 1.807) is 13.8 Å². The van der Waals surface area contributed by atoms with Gasteiger partial charge in [0.05, 0.1) is 4.90 Å². The molecule has 19 heavy (non-hydrogen) atoms. The van der Waals surface area contributed by atoms with Crippen molar-refractivity contribution in [3.05, 3.63) is 24.3 Å². The number of hydrogen-bond acceptors (Lipinski definition) is 4. The molecule has 2 N–H and O–H groups in total. The van der Waals surface area contributed by atoms with Crippen molar-refractivity contribution >= 4 is 15.9 Å². The Morgan fingerprint density at radius 3 is 2.37 bits per heavy atom. The first kappa shape index (κ1) is 15.5. The van der Waals surface area contributed by atoms with Gasteiger partial charge < -0.3 is 10.1 Å². The van der Waals surface area contributed by atoms with Gasteiger partial charge >= 0.3 is 0 Å². The number of ether oxygens (including phenoxy) is 1. The molecule has 0 aliphatic heterocycles. The van der Waals surface area contributed by atoms with Crippen LogP contribution in [0.5, 0.6) is 5.75 Å². The van der Waals surface area contributed by atoms with E-state index in [-0.39, 0.29) is 10.8 Å². The molecular formula is C12H18N2O4S. The normalized spacial score (nSPS) is 12.8. The summed E-state index contributed by atoms with van der Waals surface area (Å²) < 4.78 is 31.2. The number of hydrogen-bond donors (Lipinski definition) is 2. The van der Waals surface area contributed by atoms with Crippen molar-refractivity contribution in [1.82, 2.24) is 10.0 Å². The summed E-state index contributed by atoms with van der Waals surface area (Å²) in [4.78, 5) is 11.4. The van der Waals surface area contributed by atoms with E-state index in [4.69, 9.17) is 4.74 Å². The van der Waals surface area contributed by atoms with Crippen molar-refractivity contribution in [2.24, 2.45) is 0 Å². The third-order valence-electron chi connectivity index (χ3n) is 2.40. The molecule has 6 nitrogen and oxygen atoms in total. The quantitative estimate of drug-likeness (QED) is 0.797. The molecule has 0 saturated carbocycles. The lowest BCUT2D eigenvalue weighted by Crippen LogP contribution is -2.33. The molecule has 1 aromatic carbocycles. The standard InChI is InChI=1S/C12H18N2O4S/c1-4-14-19(16,17)11-7-5-10(6-8-11)18-9(2)12(15)13-3/h5-9,14H,4H2,1-3H3,(H,13,15)/t9-/m0/s1. The van der Waals surface area contributed by atoms with Crippen molar-refractivity contribution in [3.8, 4) is 5.75 Å². The summed E-state index contributed by atoms with van der Waals surface area (Å²) in [7, 11) is -1.94. The highest BCUT2D eigenvalue weighted by atomic mass is 32.2. The van der Waals surface area contributed by atoms with E-state index < -0.39 is 16.1 Å². The average Bonchev–Trinajstić information content (AvgIpc) is 2.38. The molecular weight excluding hydrogens is 268 g/mol. The highest BCUT2D eigenvalue weighted by Gasteiger charge is 2.15. The summed E-state index contributed by atoms with van der Waals surface area (Å²) in [6.45, 7) is 3.65. The molecule has 0 radical (unpaired) electrons. The van der Waals surface area contributed by atoms with Crippen LogP contribution in [0.2, 0.25) is 0 Å². The van der Waals surface area contributed by atoms with Crippen LogP contribution in [0.25, 0.3) is 0 Å². The molecule has 106 valence electrons. The molecule has 0 aliphatic carbocycles. The van der Waals surface area contributed by atoms with Gasteiger partial charge in [0, 0.05) is 13.6 Å². The van der Waals surface area contributed by atoms with Crippen molar-refractivity contribution in [2.45, 2.75) is 24.8 Å². The fourth-order valence-corrected chi connectivity index (χ4v) is 2.47. The van der Waals surface area contributed by atoms with Gasteiger partial charge in [0.15, 0.2) is 6.10 Å². The van der Waals surface area contributed by atoms with E-state index in [0.717, 1.165) is 0 Å². The monoisotopic (exact) mass is 286 g/mol. The van der Waals surface area contributed by atoms with E-state index in [2.05, 4.69) is 10.0 Å². The van der Waals surface area contributed by atoms with Gasteiger partial charge in [-0.3, -0.25) is 4.79 Å². The molecule has 1 atom stereocenters. The van der Waals surface area contributed by atoms with E-state index in [9.17, 15) is 13.2 Å². The lowest BCUT2D eigenvalue weighted by molar-refractivity contribution is -0.126. The largest absolute Gasteiger partial charge is 0.481 e. The molecule has 0 fully saturated rings. The second kappa shape index (κ2) is 6.53. The van der Waals surface area contributed by atoms with Gasteiger partial charge in [0.25, 0.3) is 5.91 Å². The number of rotatable bonds is 6. The van der Waals surface area contributed by atoms with Crippen LogP contribution in [0, 0.1) is 0 Å². The molecule has 1 amide bonds. The highest BCUT2D eigenvalue weighted by molar-refractivity contribution is 7.89. The second-order valence-corrected chi connectivity index (χ2v) is 5.61. The number of carbonyl (C=O) groups is 1. The summed E-state index contributed by atoms with van der Waals surface area (Å²) in [6, 6.07) is 5.90. The van der Waals surface area contributed by atoms with Gasteiger partial charge in [-0.1, -0.05) is 6.92 Å². The predicted molar refractivity (Wildman–Crippen MR) is 71.5 cm³/mol. The van der Waals surface area contributed by atoms with Crippen LogP contribution in [-0.4, -0.2) is 34.0 Å². The average molecular weight is 286 g/mol. The predicted octanol–water partition coefficient (Wildman–Crippen LogP) is 0.498. The molecule has 1 rings (SSSR count). The smallest absolute Gasteiger partial charge is 0.260 e. The fourth-order valence-electron chi connectivity index (χ4n) is 1.43. The van der Waals surface area contributed by atoms with E-state index in [1.165, 1.54) is 31.3 Å². The Kier molecular flexibility index (Phi) is 5.31. The second-order valence-electron chi connectivity index (χ2n) is 3.85. The van der Waals surface area contributed by atoms with Gasteiger partial charge in [0.1, 0.15) is 5.75 Å². The molecule has 7 heteroatoms. The minimum absolute atomic E-state index is 0.161. The molecule has 1 aromatic rings. The fraction of sp³-hybridized carbons (Fsp3) is 0.417. The third kappa shape index (κ3) is 4.22. The van der Waals surface area contributed by atoms with Crippen LogP contribution in [0.4, 0.5) is 0 Å². The number of benzene rings is 1. The Balaban J connectivity index is 2.80. The van der Waals surface area contributed by atoms with E-state index in [0.29, 0.717) is 12.3 Å². The summed E-state index contributed by atoms with van der Waals surface area (Å²) in [5.74, 6) is 0.191. The van der Waals surface area contributed by atoms with Crippen molar-refractivity contribution in [2.75, 3.05) is 13.6 Å². The third-order valence-corrected chi connectivity index (χ3v) is 3.96. The molecule has 0 bridgehead atoms. The first-order chi connectivity index (χ1) is 8.90. The maximum atomic E-state index is 11.7. The van der Waals surface area contributed by atoms with Crippen molar-refractivity contribution < 1.29 is 17.9 Å². The molecule has 0 aromatic heterocycles. The van der Waals surface area contributed by atoms with Crippen LogP contribution in [0.1, 0.15) is 13.8 Å². The first-order valence-electron chi connectivity index (χ1n) is 5.88. The number of carbonyl (C=O) groups excluding carboxylic acids is 1. The van der Waals surface area contributed by atoms with Gasteiger partial charge in [-0.2, -0.15) is 0 Å². The molecule has 0 unspecified atom stereocenters. The minimum atomic E-state index is -3.46. The summed E-state index contributed by atoms with van der Waals surface area (Å²) in [5.41, 5.74) is 0. The van der Waals surface area contributed by atoms with Gasteiger partial charge in [-0.25, -0.2) is 13.1 Å². The lowest BCUT2D eigenvalue weighted by atomic mass is 10.3. The summed E-state index contributed by atoms with van der Waals surface area (Å²) in [6.07, 6.45) is -0.638. The Morgan fingerprint density at radius 2 is 1.89 bits per heavy atom. The zero-order chi connectivity index (χ0) is 14.5. The SMILES string of the molecule is CCNS(=O)(=O)c1ccc(O[C@@H](C)C(=O)NC)cc1. The van der Waals surface area contributed by atoms with Crippen LogP contribution in [-0.2, 0) is 14.8 Å². The van der Waals surface area contributed by atoms with Crippen LogP contribution >= 0.6 is 0 Å². The maximum absolute atomic E-state index is 11.7. The Bertz CT molecular complexity index is 525. The van der Waals surface area contributed by atoms with Crippen molar-refractivity contribution in [1.29, 1.82) is 0 Å². The number of amides is 1. The van der Waals surface area contributed by atoms with E-state index >= 15 is 0 Å². The van der Waals surface area contributed by atoms with Crippen molar-refractivity contribution in [3.63, 3.8) is 0 Å². The maximum Gasteiger partial charge on any atom is 0.260 e. The number of likely N-dealkylation sites (N-methyl/N-ethyl adjacent to an activating group) is 1. The Morgan fingerprint density at radius 1 is 1.32 bits per heavy atom. The Hall–Kier alpha value is -1.60. The first-order valence-corrected chi connectivity index (χ1v) is 7.37. The highest BCUT2D eigenvalue weighted by Crippen LogP contribution is 2.17. The summed E-state index contributed by atoms with van der Waals surface area (Å²) in [5, 5.41) is 2.47. The molecule has 0 heterocycles. The number of sulfonamides is 1. The molecule has 0 aliphatic rings. The van der Waals surface area contributed by atoms with Crippen LogP contribution < -0.4 is 14.8 Å². The van der Waals surface area contributed by atoms with Gasteiger partial charge in [0.2, 0.25) is 10.0 Å². The molecule has 0 saturated heterocycles. The lowest BCUT2D eigenvalue weighted by Gasteiger charge is -2.13. The van der Waals surface area contributed by atoms with Gasteiger partial charge in [-0.15, -0.1) is 0 Å². The Labute approximate surface area is 113 Å². The number of nitrogens with one attached hydrogen (secondary N) is 2. The van der Waals surface area contributed by atoms with Gasteiger partial charge in [-0.05, 0) is 31.2 Å². The van der Waals surface area contributed by atoms with E-state index in [1.807, 2.05) is 0 Å². The van der Waals surface area contributed by atoms with Crippen LogP contribution in [0.3, 0.4) is 0 Å².